The molecule has 0 heterocycles. The van der Waals surface area contributed by atoms with Gasteiger partial charge in [0, 0.05) is 30.0 Å². The molecule has 0 fully saturated rings. The Hall–Kier alpha value is 0.426. The molecule has 0 N–H and O–H groups in total. The van der Waals surface area contributed by atoms with Crippen molar-refractivity contribution < 1.29 is 26.3 Å². The molecule has 0 saturated carbocycles. The van der Waals surface area contributed by atoms with Crippen LogP contribution in [-0.2, 0) is 26.3 Å². The maximum atomic E-state index is 5.41. The van der Waals surface area contributed by atoms with Crippen molar-refractivity contribution in [2.45, 2.75) is 52.7 Å². The molecule has 0 aliphatic rings. The Kier molecular flexibility index (Phi) is 15.2. The predicted molar refractivity (Wildman–Crippen MR) is 51.2 cm³/mol. The Morgan fingerprint density at radius 3 is 1.62 bits per heavy atom. The van der Waals surface area contributed by atoms with Gasteiger partial charge in [0.05, 0.1) is 0 Å². The van der Waals surface area contributed by atoms with Crippen molar-refractivity contribution in [3.05, 3.63) is 0 Å². The van der Waals surface area contributed by atoms with Gasteiger partial charge in [-0.3, -0.25) is 0 Å². The summed E-state index contributed by atoms with van der Waals surface area (Å²) in [5.74, 6) is 0. The van der Waals surface area contributed by atoms with Gasteiger partial charge in [-0.05, 0) is 19.8 Å². The van der Waals surface area contributed by atoms with Gasteiger partial charge in [-0.2, -0.15) is 0 Å². The van der Waals surface area contributed by atoms with Crippen molar-refractivity contribution >= 4 is 0 Å². The molecule has 13 heavy (non-hydrogen) atoms. The number of hydrogen-bond donors (Lipinski definition) is 0. The average molecular weight is 233 g/mol. The summed E-state index contributed by atoms with van der Waals surface area (Å²) in [5.41, 5.74) is 0. The molecular formula is C10H22CoO2. The van der Waals surface area contributed by atoms with E-state index in [0.29, 0.717) is 0 Å². The van der Waals surface area contributed by atoms with E-state index in [-0.39, 0.29) is 23.1 Å². The molecule has 0 aliphatic heterocycles. The minimum Gasteiger partial charge on any atom is -0.353 e. The Morgan fingerprint density at radius 1 is 0.923 bits per heavy atom. The van der Waals surface area contributed by atoms with Crippen LogP contribution in [-0.4, -0.2) is 19.5 Å². The maximum Gasteiger partial charge on any atom is 0.154 e. The second-order valence-corrected chi connectivity index (χ2v) is 3.02. The molecule has 0 spiro atoms. The van der Waals surface area contributed by atoms with Crippen LogP contribution in [0.5, 0.6) is 0 Å². The second-order valence-electron chi connectivity index (χ2n) is 3.02. The van der Waals surface area contributed by atoms with Gasteiger partial charge in [0.2, 0.25) is 0 Å². The monoisotopic (exact) mass is 233 g/mol. The standard InChI is InChI=1S/C10H22O2.Co/c1-4-6-8-11-10(3)12-9-7-5-2;/h10H,4-9H2,1-3H3;. The van der Waals surface area contributed by atoms with Gasteiger partial charge in [-0.15, -0.1) is 0 Å². The molecule has 3 heteroatoms. The van der Waals surface area contributed by atoms with Gasteiger partial charge in [0.1, 0.15) is 0 Å². The third-order valence-corrected chi connectivity index (χ3v) is 1.70. The molecule has 0 rings (SSSR count). The Bertz CT molecular complexity index is 79.0. The first-order chi connectivity index (χ1) is 5.81. The van der Waals surface area contributed by atoms with Crippen molar-refractivity contribution in [3.8, 4) is 0 Å². The largest absolute Gasteiger partial charge is 0.353 e. The van der Waals surface area contributed by atoms with E-state index in [2.05, 4.69) is 13.8 Å². The first kappa shape index (κ1) is 15.9. The zero-order valence-electron chi connectivity index (χ0n) is 8.97. The molecule has 2 nitrogen and oxygen atoms in total. The van der Waals surface area contributed by atoms with Crippen LogP contribution in [0.2, 0.25) is 0 Å². The molecular weight excluding hydrogens is 211 g/mol. The summed E-state index contributed by atoms with van der Waals surface area (Å²) in [6, 6.07) is 0. The van der Waals surface area contributed by atoms with Gasteiger partial charge < -0.3 is 9.47 Å². The summed E-state index contributed by atoms with van der Waals surface area (Å²) in [7, 11) is 0. The quantitative estimate of drug-likeness (QED) is 0.474. The van der Waals surface area contributed by atoms with Crippen LogP contribution in [0.15, 0.2) is 0 Å². The van der Waals surface area contributed by atoms with E-state index in [1.807, 2.05) is 6.92 Å². The van der Waals surface area contributed by atoms with Crippen LogP contribution in [0.1, 0.15) is 46.5 Å². The van der Waals surface area contributed by atoms with Gasteiger partial charge in [-0.25, -0.2) is 0 Å². The van der Waals surface area contributed by atoms with E-state index in [9.17, 15) is 0 Å². The third-order valence-electron chi connectivity index (χ3n) is 1.70. The molecule has 0 aromatic heterocycles. The molecule has 0 bridgehead atoms. The summed E-state index contributed by atoms with van der Waals surface area (Å²) >= 11 is 0. The zero-order valence-corrected chi connectivity index (χ0v) is 10.0. The smallest absolute Gasteiger partial charge is 0.154 e. The molecule has 1 radical (unpaired) electrons. The van der Waals surface area contributed by atoms with Crippen molar-refractivity contribution in [1.82, 2.24) is 0 Å². The predicted octanol–water partition coefficient (Wildman–Crippen LogP) is 2.96. The number of unbranched alkanes of at least 4 members (excludes halogenated alkanes) is 2. The van der Waals surface area contributed by atoms with Gasteiger partial charge >= 0.3 is 0 Å². The first-order valence-electron chi connectivity index (χ1n) is 5.04. The molecule has 83 valence electrons. The molecule has 0 unspecified atom stereocenters. The van der Waals surface area contributed by atoms with Gasteiger partial charge in [-0.1, -0.05) is 26.7 Å². The van der Waals surface area contributed by atoms with Gasteiger partial charge in [0.15, 0.2) is 6.29 Å². The van der Waals surface area contributed by atoms with Crippen molar-refractivity contribution in [3.63, 3.8) is 0 Å². The third kappa shape index (κ3) is 12.4. The fourth-order valence-corrected chi connectivity index (χ4v) is 0.835. The fraction of sp³-hybridized carbons (Fsp3) is 1.00. The molecule has 0 aliphatic carbocycles. The normalized spacial score (nSPS) is 10.2. The molecule has 0 aromatic rings. The van der Waals surface area contributed by atoms with Crippen LogP contribution < -0.4 is 0 Å². The van der Waals surface area contributed by atoms with E-state index < -0.39 is 0 Å². The average Bonchev–Trinajstić information content (AvgIpc) is 2.06. The first-order valence-corrected chi connectivity index (χ1v) is 5.04. The summed E-state index contributed by atoms with van der Waals surface area (Å²) < 4.78 is 10.8. The summed E-state index contributed by atoms with van der Waals surface area (Å²) in [6.45, 7) is 7.93. The topological polar surface area (TPSA) is 18.5 Å². The minimum atomic E-state index is -0.0249. The fourth-order valence-electron chi connectivity index (χ4n) is 0.835. The van der Waals surface area contributed by atoms with Crippen LogP contribution in [0.3, 0.4) is 0 Å². The molecule has 0 saturated heterocycles. The molecule has 0 atom stereocenters. The van der Waals surface area contributed by atoms with E-state index in [1.54, 1.807) is 0 Å². The van der Waals surface area contributed by atoms with E-state index in [0.717, 1.165) is 26.1 Å². The van der Waals surface area contributed by atoms with Gasteiger partial charge in [0.25, 0.3) is 0 Å². The van der Waals surface area contributed by atoms with Crippen LogP contribution in [0.4, 0.5) is 0 Å². The second kappa shape index (κ2) is 12.4. The van der Waals surface area contributed by atoms with E-state index >= 15 is 0 Å². The summed E-state index contributed by atoms with van der Waals surface area (Å²) in [6.07, 6.45) is 4.59. The van der Waals surface area contributed by atoms with E-state index in [1.165, 1.54) is 12.8 Å². The summed E-state index contributed by atoms with van der Waals surface area (Å²) in [5, 5.41) is 0. The van der Waals surface area contributed by atoms with Crippen LogP contribution >= 0.6 is 0 Å². The van der Waals surface area contributed by atoms with Crippen LogP contribution in [0.25, 0.3) is 0 Å². The molecule has 0 aromatic carbocycles. The van der Waals surface area contributed by atoms with E-state index in [4.69, 9.17) is 9.47 Å². The number of rotatable bonds is 8. The minimum absolute atomic E-state index is 0. The zero-order chi connectivity index (χ0) is 9.23. The maximum absolute atomic E-state index is 5.41. The summed E-state index contributed by atoms with van der Waals surface area (Å²) in [4.78, 5) is 0. The Balaban J connectivity index is 0. The Morgan fingerprint density at radius 2 is 1.31 bits per heavy atom. The molecule has 0 amide bonds. The van der Waals surface area contributed by atoms with Crippen molar-refractivity contribution in [2.75, 3.05) is 13.2 Å². The SMILES string of the molecule is CCCCOC(C)OCCCC.[Co]. The van der Waals surface area contributed by atoms with Crippen molar-refractivity contribution in [1.29, 1.82) is 0 Å². The Labute approximate surface area is 92.6 Å². The van der Waals surface area contributed by atoms with Crippen molar-refractivity contribution in [2.24, 2.45) is 0 Å². The number of hydrogen-bond acceptors (Lipinski definition) is 2. The van der Waals surface area contributed by atoms with Crippen LogP contribution in [0, 0.1) is 0 Å². The number of ether oxygens (including phenoxy) is 2.